The van der Waals surface area contributed by atoms with Crippen LogP contribution in [0.4, 0.5) is 0 Å². The molecule has 1 unspecified atom stereocenters. The van der Waals surface area contributed by atoms with Gasteiger partial charge < -0.3 is 4.43 Å². The van der Waals surface area contributed by atoms with E-state index in [-0.39, 0.29) is 16.9 Å². The number of imide groups is 1. The molecule has 0 N–H and O–H groups in total. The topological polar surface area (TPSA) is 46.6 Å². The lowest BCUT2D eigenvalue weighted by atomic mass is 10.2. The summed E-state index contributed by atoms with van der Waals surface area (Å²) < 4.78 is 6.89. The van der Waals surface area contributed by atoms with Crippen LogP contribution in [0.15, 0.2) is 72.4 Å². The lowest BCUT2D eigenvalue weighted by Gasteiger charge is -2.44. The summed E-state index contributed by atoms with van der Waals surface area (Å²) in [6.45, 7) is 6.55. The highest BCUT2D eigenvalue weighted by Gasteiger charge is 2.54. The minimum Gasteiger partial charge on any atom is -0.395 e. The first-order valence-electron chi connectivity index (χ1n) is 9.69. The van der Waals surface area contributed by atoms with Crippen LogP contribution in [0, 0.1) is 0 Å². The number of rotatable bonds is 4. The fourth-order valence-corrected chi connectivity index (χ4v) is 9.03. The first kappa shape index (κ1) is 18.8. The molecule has 2 aliphatic heterocycles. The summed E-state index contributed by atoms with van der Waals surface area (Å²) in [6, 6.07) is 20.5. The van der Waals surface area contributed by atoms with Crippen molar-refractivity contribution in [3.05, 3.63) is 72.4 Å². The molecule has 0 radical (unpaired) electrons. The van der Waals surface area contributed by atoms with Gasteiger partial charge in [0.2, 0.25) is 5.91 Å². The molecule has 28 heavy (non-hydrogen) atoms. The highest BCUT2D eigenvalue weighted by molar-refractivity contribution is 6.99. The van der Waals surface area contributed by atoms with Gasteiger partial charge in [-0.15, -0.1) is 0 Å². The van der Waals surface area contributed by atoms with E-state index in [2.05, 4.69) is 45.0 Å². The van der Waals surface area contributed by atoms with Crippen LogP contribution in [0.5, 0.6) is 0 Å². The Bertz CT molecular complexity index is 892. The number of carbonyl (C=O) groups excluding carboxylic acids is 2. The SMILES string of the molecule is CC(C)(C)[Si](OC1CC2=CCC(=O)N2C1=O)(c1ccccc1)c1ccccc1. The second-order valence-electron chi connectivity index (χ2n) is 8.44. The molecule has 5 heteroatoms. The largest absolute Gasteiger partial charge is 0.395 e. The van der Waals surface area contributed by atoms with Crippen molar-refractivity contribution in [3.63, 3.8) is 0 Å². The zero-order valence-electron chi connectivity index (χ0n) is 16.5. The maximum atomic E-state index is 13.0. The number of carbonyl (C=O) groups is 2. The summed E-state index contributed by atoms with van der Waals surface area (Å²) in [5.41, 5.74) is 0.790. The zero-order chi connectivity index (χ0) is 19.9. The molecule has 4 nitrogen and oxygen atoms in total. The Labute approximate surface area is 167 Å². The zero-order valence-corrected chi connectivity index (χ0v) is 17.5. The van der Waals surface area contributed by atoms with Gasteiger partial charge in [0.15, 0.2) is 0 Å². The molecule has 144 valence electrons. The smallest absolute Gasteiger partial charge is 0.262 e. The lowest BCUT2D eigenvalue weighted by Crippen LogP contribution is -2.68. The van der Waals surface area contributed by atoms with Gasteiger partial charge in [-0.05, 0) is 15.4 Å². The third kappa shape index (κ3) is 2.86. The molecule has 2 aromatic carbocycles. The first-order valence-corrected chi connectivity index (χ1v) is 11.6. The molecule has 4 rings (SSSR count). The van der Waals surface area contributed by atoms with Gasteiger partial charge in [0.1, 0.15) is 6.10 Å². The molecule has 2 heterocycles. The van der Waals surface area contributed by atoms with Crippen molar-refractivity contribution in [3.8, 4) is 0 Å². The molecule has 1 saturated heterocycles. The third-order valence-electron chi connectivity index (χ3n) is 5.68. The van der Waals surface area contributed by atoms with Crippen LogP contribution < -0.4 is 10.4 Å². The van der Waals surface area contributed by atoms with E-state index in [1.807, 2.05) is 42.5 Å². The predicted molar refractivity (Wildman–Crippen MR) is 112 cm³/mol. The molecule has 0 saturated carbocycles. The number of nitrogens with zero attached hydrogens (tertiary/aromatic N) is 1. The number of hydrogen-bond acceptors (Lipinski definition) is 3. The van der Waals surface area contributed by atoms with E-state index >= 15 is 0 Å². The lowest BCUT2D eigenvalue weighted by molar-refractivity contribution is -0.142. The standard InChI is InChI=1S/C23H25NO3Si/c1-23(2,3)28(18-10-6-4-7-11-18,19-12-8-5-9-13-19)27-20-16-17-14-15-21(25)24(17)22(20)26/h4-14,20H,15-16H2,1-3H3. The highest BCUT2D eigenvalue weighted by Crippen LogP contribution is 2.40. The summed E-state index contributed by atoms with van der Waals surface area (Å²) in [6.07, 6.45) is 2.01. The Balaban J connectivity index is 1.84. The van der Waals surface area contributed by atoms with Crippen LogP contribution >= 0.6 is 0 Å². The third-order valence-corrected chi connectivity index (χ3v) is 10.7. The van der Waals surface area contributed by atoms with E-state index in [4.69, 9.17) is 4.43 Å². The van der Waals surface area contributed by atoms with Crippen molar-refractivity contribution in [2.75, 3.05) is 0 Å². The molecule has 0 aliphatic carbocycles. The molecule has 2 aliphatic rings. The molecule has 1 atom stereocenters. The number of fused-ring (bicyclic) bond motifs is 1. The van der Waals surface area contributed by atoms with Gasteiger partial charge in [0, 0.05) is 18.5 Å². The molecule has 2 amide bonds. The van der Waals surface area contributed by atoms with Crippen molar-refractivity contribution in [2.24, 2.45) is 0 Å². The summed E-state index contributed by atoms with van der Waals surface area (Å²) in [7, 11) is -2.81. The normalized spacial score (nSPS) is 19.8. The van der Waals surface area contributed by atoms with Crippen LogP contribution in [-0.4, -0.2) is 31.1 Å². The van der Waals surface area contributed by atoms with E-state index in [0.717, 1.165) is 16.1 Å². The number of hydrogen-bond donors (Lipinski definition) is 0. The van der Waals surface area contributed by atoms with Crippen LogP contribution in [0.2, 0.25) is 5.04 Å². The maximum absolute atomic E-state index is 13.0. The van der Waals surface area contributed by atoms with Crippen molar-refractivity contribution in [1.82, 2.24) is 4.90 Å². The molecule has 0 spiro atoms. The number of benzene rings is 2. The van der Waals surface area contributed by atoms with Crippen LogP contribution in [-0.2, 0) is 14.0 Å². The first-order chi connectivity index (χ1) is 13.3. The minimum absolute atomic E-state index is 0.145. The van der Waals surface area contributed by atoms with Gasteiger partial charge in [0.05, 0.1) is 0 Å². The fourth-order valence-electron chi connectivity index (χ4n) is 4.40. The van der Waals surface area contributed by atoms with Gasteiger partial charge in [-0.1, -0.05) is 87.5 Å². The molecular weight excluding hydrogens is 366 g/mol. The van der Waals surface area contributed by atoms with E-state index in [1.165, 1.54) is 4.90 Å². The Kier molecular flexibility index (Phi) is 4.60. The van der Waals surface area contributed by atoms with Gasteiger partial charge in [-0.25, -0.2) is 0 Å². The fraction of sp³-hybridized carbons (Fsp3) is 0.304. The second-order valence-corrected chi connectivity index (χ2v) is 12.7. The van der Waals surface area contributed by atoms with Crippen LogP contribution in [0.1, 0.15) is 33.6 Å². The second kappa shape index (κ2) is 6.83. The molecule has 2 aromatic rings. The van der Waals surface area contributed by atoms with E-state index in [1.54, 1.807) is 0 Å². The van der Waals surface area contributed by atoms with Gasteiger partial charge in [0.25, 0.3) is 14.2 Å². The van der Waals surface area contributed by atoms with Gasteiger partial charge >= 0.3 is 0 Å². The van der Waals surface area contributed by atoms with E-state index in [0.29, 0.717) is 12.8 Å². The summed E-state index contributed by atoms with van der Waals surface area (Å²) in [4.78, 5) is 26.5. The van der Waals surface area contributed by atoms with E-state index in [9.17, 15) is 9.59 Å². The maximum Gasteiger partial charge on any atom is 0.262 e. The average molecular weight is 392 g/mol. The van der Waals surface area contributed by atoms with E-state index < -0.39 is 14.4 Å². The van der Waals surface area contributed by atoms with Crippen molar-refractivity contribution in [2.45, 2.75) is 44.8 Å². The van der Waals surface area contributed by atoms with Crippen molar-refractivity contribution >= 4 is 30.5 Å². The van der Waals surface area contributed by atoms with Gasteiger partial charge in [-0.2, -0.15) is 0 Å². The summed E-state index contributed by atoms with van der Waals surface area (Å²) in [5.74, 6) is -0.365. The molecule has 1 fully saturated rings. The Morgan fingerprint density at radius 2 is 1.46 bits per heavy atom. The van der Waals surface area contributed by atoms with Crippen LogP contribution in [0.3, 0.4) is 0 Å². The Hall–Kier alpha value is -2.50. The minimum atomic E-state index is -2.81. The Morgan fingerprint density at radius 1 is 0.929 bits per heavy atom. The van der Waals surface area contributed by atoms with Crippen molar-refractivity contribution < 1.29 is 14.0 Å². The molecule has 0 bridgehead atoms. The summed E-state index contributed by atoms with van der Waals surface area (Å²) >= 11 is 0. The summed E-state index contributed by atoms with van der Waals surface area (Å²) in [5, 5.41) is 2.06. The number of amides is 2. The molecular formula is C23H25NO3Si. The predicted octanol–water partition coefficient (Wildman–Crippen LogP) is 2.98. The monoisotopic (exact) mass is 391 g/mol. The Morgan fingerprint density at radius 3 is 1.93 bits per heavy atom. The average Bonchev–Trinajstić information content (AvgIpc) is 3.20. The molecule has 0 aromatic heterocycles. The van der Waals surface area contributed by atoms with Gasteiger partial charge in [-0.3, -0.25) is 14.5 Å². The quantitative estimate of drug-likeness (QED) is 0.595. The van der Waals surface area contributed by atoms with Crippen molar-refractivity contribution in [1.29, 1.82) is 0 Å². The highest BCUT2D eigenvalue weighted by atomic mass is 28.4. The van der Waals surface area contributed by atoms with Crippen LogP contribution in [0.25, 0.3) is 0 Å².